The van der Waals surface area contributed by atoms with Crippen molar-refractivity contribution in [2.24, 2.45) is 5.73 Å². The lowest BCUT2D eigenvalue weighted by molar-refractivity contribution is -0.333. The highest BCUT2D eigenvalue weighted by atomic mass is 32.1. The van der Waals surface area contributed by atoms with Gasteiger partial charge in [-0.1, -0.05) is 13.0 Å². The first-order chi connectivity index (χ1) is 9.07. The predicted octanol–water partition coefficient (Wildman–Crippen LogP) is 4.04. The molecule has 0 aliphatic rings. The fraction of sp³-hybridized carbons (Fsp3) is 0.636. The second-order valence-electron chi connectivity index (χ2n) is 4.11. The van der Waals surface area contributed by atoms with Gasteiger partial charge in [0.05, 0.1) is 0 Å². The van der Waals surface area contributed by atoms with E-state index in [1.807, 2.05) is 0 Å². The van der Waals surface area contributed by atoms with Gasteiger partial charge in [-0.05, 0) is 17.9 Å². The van der Waals surface area contributed by atoms with E-state index in [9.17, 15) is 26.3 Å². The molecule has 2 unspecified atom stereocenters. The van der Waals surface area contributed by atoms with E-state index in [4.69, 9.17) is 5.73 Å². The molecule has 9 heteroatoms. The van der Waals surface area contributed by atoms with E-state index in [0.717, 1.165) is 11.3 Å². The largest absolute Gasteiger partial charge is 0.423 e. The van der Waals surface area contributed by atoms with Crippen LogP contribution in [0.25, 0.3) is 0 Å². The van der Waals surface area contributed by atoms with Gasteiger partial charge in [-0.25, -0.2) is 0 Å². The average molecular weight is 321 g/mol. The molecule has 2 N–H and O–H groups in total. The molecular formula is C11H13F6NOS. The standard InChI is InChI=1S/C11H13F6NOS/c1-2-6(18)8(7-4-3-5-20-7)19-9(10(12,13)14)11(15,16)17/h3-6,8-9H,2,18H2,1H3. The fourth-order valence-electron chi connectivity index (χ4n) is 1.53. The molecule has 20 heavy (non-hydrogen) atoms. The van der Waals surface area contributed by atoms with Gasteiger partial charge in [-0.3, -0.25) is 0 Å². The third-order valence-electron chi connectivity index (χ3n) is 2.56. The summed E-state index contributed by atoms with van der Waals surface area (Å²) in [5.41, 5.74) is 5.59. The normalized spacial score (nSPS) is 16.4. The lowest BCUT2D eigenvalue weighted by Crippen LogP contribution is -2.47. The molecule has 0 bridgehead atoms. The van der Waals surface area contributed by atoms with E-state index in [2.05, 4.69) is 4.74 Å². The highest BCUT2D eigenvalue weighted by molar-refractivity contribution is 7.10. The summed E-state index contributed by atoms with van der Waals surface area (Å²) >= 11 is 0.998. The van der Waals surface area contributed by atoms with Crippen molar-refractivity contribution in [2.45, 2.75) is 43.9 Å². The highest BCUT2D eigenvalue weighted by Crippen LogP contribution is 2.40. The second-order valence-corrected chi connectivity index (χ2v) is 5.09. The molecule has 0 amide bonds. The summed E-state index contributed by atoms with van der Waals surface area (Å²) in [5, 5.41) is 1.53. The maximum absolute atomic E-state index is 12.5. The molecule has 0 aliphatic heterocycles. The average Bonchev–Trinajstić information content (AvgIpc) is 2.79. The van der Waals surface area contributed by atoms with E-state index < -0.39 is 30.6 Å². The summed E-state index contributed by atoms with van der Waals surface area (Å²) in [6.07, 6.45) is -16.2. The van der Waals surface area contributed by atoms with Crippen LogP contribution >= 0.6 is 11.3 Å². The minimum Gasteiger partial charge on any atom is -0.350 e. The third-order valence-corrected chi connectivity index (χ3v) is 3.49. The van der Waals surface area contributed by atoms with Crippen LogP contribution in [-0.2, 0) is 4.74 Å². The molecule has 0 radical (unpaired) electrons. The Morgan fingerprint density at radius 2 is 1.75 bits per heavy atom. The molecule has 0 aliphatic carbocycles. The Balaban J connectivity index is 3.04. The van der Waals surface area contributed by atoms with Gasteiger partial charge in [-0.15, -0.1) is 11.3 Å². The van der Waals surface area contributed by atoms with Crippen molar-refractivity contribution in [3.8, 4) is 0 Å². The SMILES string of the molecule is CCC(N)C(OC(C(F)(F)F)C(F)(F)F)c1cccs1. The Kier molecular flexibility index (Phi) is 5.45. The molecule has 0 fully saturated rings. The number of hydrogen-bond acceptors (Lipinski definition) is 3. The van der Waals surface area contributed by atoms with Crippen molar-refractivity contribution in [2.75, 3.05) is 0 Å². The molecule has 116 valence electrons. The molecule has 0 spiro atoms. The summed E-state index contributed by atoms with van der Waals surface area (Å²) in [4.78, 5) is 0.234. The summed E-state index contributed by atoms with van der Waals surface area (Å²) < 4.78 is 79.3. The van der Waals surface area contributed by atoms with E-state index in [-0.39, 0.29) is 11.3 Å². The number of nitrogens with two attached hydrogens (primary N) is 1. The lowest BCUT2D eigenvalue weighted by Gasteiger charge is -2.30. The smallest absolute Gasteiger partial charge is 0.350 e. The van der Waals surface area contributed by atoms with Crippen LogP contribution in [0.15, 0.2) is 17.5 Å². The van der Waals surface area contributed by atoms with Gasteiger partial charge in [-0.2, -0.15) is 26.3 Å². The van der Waals surface area contributed by atoms with Crippen LogP contribution in [0.4, 0.5) is 26.3 Å². The monoisotopic (exact) mass is 321 g/mol. The van der Waals surface area contributed by atoms with Gasteiger partial charge in [0, 0.05) is 10.9 Å². The molecule has 1 rings (SSSR count). The number of hydrogen-bond donors (Lipinski definition) is 1. The molecule has 2 nitrogen and oxygen atoms in total. The quantitative estimate of drug-likeness (QED) is 0.831. The highest BCUT2D eigenvalue weighted by Gasteiger charge is 2.59. The molecule has 1 aromatic rings. The minimum atomic E-state index is -5.54. The minimum absolute atomic E-state index is 0.186. The molecule has 2 atom stereocenters. The Hall–Kier alpha value is -0.800. The zero-order valence-corrected chi connectivity index (χ0v) is 11.1. The summed E-state index contributed by atoms with van der Waals surface area (Å²) in [6.45, 7) is 1.56. The van der Waals surface area contributed by atoms with Crippen LogP contribution < -0.4 is 5.73 Å². The Morgan fingerprint density at radius 3 is 2.10 bits per heavy atom. The van der Waals surface area contributed by atoms with Crippen molar-refractivity contribution in [3.63, 3.8) is 0 Å². The molecule has 1 aromatic heterocycles. The first-order valence-electron chi connectivity index (χ1n) is 5.65. The predicted molar refractivity (Wildman–Crippen MR) is 62.3 cm³/mol. The van der Waals surface area contributed by atoms with Crippen molar-refractivity contribution in [3.05, 3.63) is 22.4 Å². The topological polar surface area (TPSA) is 35.2 Å². The van der Waals surface area contributed by atoms with Crippen molar-refractivity contribution in [1.29, 1.82) is 0 Å². The number of halogens is 6. The second kappa shape index (κ2) is 6.31. The zero-order valence-electron chi connectivity index (χ0n) is 10.3. The molecule has 0 saturated heterocycles. The molecule has 1 heterocycles. The summed E-state index contributed by atoms with van der Waals surface area (Å²) in [5.74, 6) is 0. The number of thiophene rings is 1. The van der Waals surface area contributed by atoms with Gasteiger partial charge in [0.25, 0.3) is 0 Å². The van der Waals surface area contributed by atoms with Gasteiger partial charge in [0.1, 0.15) is 6.10 Å². The number of ether oxygens (including phenoxy) is 1. The van der Waals surface area contributed by atoms with Crippen LogP contribution in [0.5, 0.6) is 0 Å². The van der Waals surface area contributed by atoms with Gasteiger partial charge < -0.3 is 10.5 Å². The maximum atomic E-state index is 12.5. The summed E-state index contributed by atoms with van der Waals surface area (Å²) in [6, 6.07) is 1.95. The summed E-state index contributed by atoms with van der Waals surface area (Å²) in [7, 11) is 0. The van der Waals surface area contributed by atoms with Crippen LogP contribution in [-0.4, -0.2) is 24.5 Å². The van der Waals surface area contributed by atoms with Gasteiger partial charge in [0.15, 0.2) is 0 Å². The van der Waals surface area contributed by atoms with Gasteiger partial charge in [0.2, 0.25) is 6.10 Å². The van der Waals surface area contributed by atoms with E-state index in [1.165, 1.54) is 17.5 Å². The lowest BCUT2D eigenvalue weighted by atomic mass is 10.1. The third kappa shape index (κ3) is 4.35. The maximum Gasteiger partial charge on any atom is 0.423 e. The zero-order chi connectivity index (χ0) is 15.6. The molecule has 0 aromatic carbocycles. The van der Waals surface area contributed by atoms with Crippen LogP contribution in [0, 0.1) is 0 Å². The molecular weight excluding hydrogens is 308 g/mol. The first-order valence-corrected chi connectivity index (χ1v) is 6.53. The Morgan fingerprint density at radius 1 is 1.20 bits per heavy atom. The van der Waals surface area contributed by atoms with E-state index in [0.29, 0.717) is 0 Å². The first kappa shape index (κ1) is 17.3. The van der Waals surface area contributed by atoms with Crippen LogP contribution in [0.1, 0.15) is 24.3 Å². The number of alkyl halides is 6. The Labute approximate surface area is 115 Å². The number of rotatable bonds is 5. The van der Waals surface area contributed by atoms with E-state index in [1.54, 1.807) is 6.92 Å². The van der Waals surface area contributed by atoms with Crippen molar-refractivity contribution in [1.82, 2.24) is 0 Å². The van der Waals surface area contributed by atoms with Crippen LogP contribution in [0.3, 0.4) is 0 Å². The van der Waals surface area contributed by atoms with Crippen LogP contribution in [0.2, 0.25) is 0 Å². The van der Waals surface area contributed by atoms with E-state index >= 15 is 0 Å². The van der Waals surface area contributed by atoms with Gasteiger partial charge >= 0.3 is 12.4 Å². The van der Waals surface area contributed by atoms with Crippen molar-refractivity contribution >= 4 is 11.3 Å². The van der Waals surface area contributed by atoms with Crippen molar-refractivity contribution < 1.29 is 31.1 Å². The molecule has 0 saturated carbocycles. The fourth-order valence-corrected chi connectivity index (χ4v) is 2.37. The Bertz CT molecular complexity index is 388.